The highest BCUT2D eigenvalue weighted by molar-refractivity contribution is 5.85. The molecule has 0 atom stereocenters. The average Bonchev–Trinajstić information content (AvgIpc) is 3.14. The summed E-state index contributed by atoms with van der Waals surface area (Å²) in [6, 6.07) is 10.3. The van der Waals surface area contributed by atoms with Crippen molar-refractivity contribution in [1.82, 2.24) is 14.3 Å². The number of hydrogen-bond donors (Lipinski definition) is 1. The van der Waals surface area contributed by atoms with Crippen molar-refractivity contribution in [2.75, 3.05) is 33.0 Å². The third kappa shape index (κ3) is 4.14. The van der Waals surface area contributed by atoms with E-state index < -0.39 is 0 Å². The zero-order chi connectivity index (χ0) is 23.1. The molecule has 0 amide bonds. The van der Waals surface area contributed by atoms with Gasteiger partial charge in [-0.05, 0) is 84.6 Å². The van der Waals surface area contributed by atoms with E-state index in [4.69, 9.17) is 9.72 Å². The second kappa shape index (κ2) is 9.16. The molecule has 0 spiro atoms. The van der Waals surface area contributed by atoms with Crippen molar-refractivity contribution in [3.05, 3.63) is 70.7 Å². The van der Waals surface area contributed by atoms with E-state index in [1.807, 2.05) is 12.1 Å². The van der Waals surface area contributed by atoms with Crippen molar-refractivity contribution in [3.8, 4) is 5.75 Å². The molecule has 1 aliphatic carbocycles. The van der Waals surface area contributed by atoms with E-state index in [9.17, 15) is 9.50 Å². The Hall–Kier alpha value is -2.70. The zero-order valence-electron chi connectivity index (χ0n) is 19.5. The van der Waals surface area contributed by atoms with Gasteiger partial charge < -0.3 is 14.2 Å². The van der Waals surface area contributed by atoms with Gasteiger partial charge in [0.25, 0.3) is 0 Å². The fraction of sp³-hybridized carbons (Fsp3) is 0.464. The van der Waals surface area contributed by atoms with Gasteiger partial charge in [0.05, 0.1) is 12.4 Å². The van der Waals surface area contributed by atoms with E-state index in [1.54, 1.807) is 0 Å². The lowest BCUT2D eigenvalue weighted by Crippen LogP contribution is -2.46. The van der Waals surface area contributed by atoms with Gasteiger partial charge in [0.2, 0.25) is 0 Å². The van der Waals surface area contributed by atoms with Gasteiger partial charge in [-0.3, -0.25) is 9.29 Å². The van der Waals surface area contributed by atoms with Gasteiger partial charge in [-0.2, -0.15) is 0 Å². The quantitative estimate of drug-likeness (QED) is 0.581. The molecule has 0 unspecified atom stereocenters. The number of rotatable bonds is 5. The van der Waals surface area contributed by atoms with Crippen LogP contribution in [-0.4, -0.2) is 52.4 Å². The number of phenolic OH excluding ortho intramolecular Hbond substituents is 1. The monoisotopic (exact) mass is 461 g/mol. The standard InChI is InChI=1S/C28H32FN3O2/c29-14-19-15-31(16-19)17-23-18-32-9-6-22(13-27(32)30-23)28-25(20-7-10-34-11-8-20)3-1-2-21-12-24(33)4-5-26(21)28/h4-6,9,12-13,18-20,33H,1-3,7-8,10-11,14-17H2. The number of benzene rings is 1. The van der Waals surface area contributed by atoms with Crippen LogP contribution in [0.5, 0.6) is 5.75 Å². The van der Waals surface area contributed by atoms with E-state index in [0.29, 0.717) is 11.7 Å². The number of allylic oxidation sites excluding steroid dienone is 1. The number of hydrogen-bond acceptors (Lipinski definition) is 4. The molecule has 0 radical (unpaired) electrons. The largest absolute Gasteiger partial charge is 0.508 e. The van der Waals surface area contributed by atoms with E-state index >= 15 is 0 Å². The molecule has 3 aliphatic rings. The number of pyridine rings is 1. The van der Waals surface area contributed by atoms with Crippen molar-refractivity contribution in [2.45, 2.75) is 38.6 Å². The molecule has 3 aromatic rings. The fourth-order valence-corrected chi connectivity index (χ4v) is 5.99. The number of aryl methyl sites for hydroxylation is 1. The molecule has 5 nitrogen and oxygen atoms in total. The van der Waals surface area contributed by atoms with Gasteiger partial charge in [-0.25, -0.2) is 4.98 Å². The molecule has 178 valence electrons. The number of ether oxygens (including phenoxy) is 1. The van der Waals surface area contributed by atoms with Crippen molar-refractivity contribution < 1.29 is 14.2 Å². The van der Waals surface area contributed by atoms with Gasteiger partial charge >= 0.3 is 0 Å². The van der Waals surface area contributed by atoms with Crippen LogP contribution in [0.25, 0.3) is 11.2 Å². The minimum atomic E-state index is -0.227. The number of phenols is 1. The minimum Gasteiger partial charge on any atom is -0.508 e. The molecule has 6 heteroatoms. The number of aromatic nitrogens is 2. The Morgan fingerprint density at radius 1 is 1.09 bits per heavy atom. The first kappa shape index (κ1) is 21.8. The molecule has 2 fully saturated rings. The summed E-state index contributed by atoms with van der Waals surface area (Å²) in [5.41, 5.74) is 8.48. The average molecular weight is 462 g/mol. The second-order valence-electron chi connectivity index (χ2n) is 10.1. The number of likely N-dealkylation sites (tertiary alicyclic amines) is 1. The fourth-order valence-electron chi connectivity index (χ4n) is 5.99. The van der Waals surface area contributed by atoms with E-state index in [1.165, 1.54) is 27.8 Å². The second-order valence-corrected chi connectivity index (χ2v) is 10.1. The molecule has 34 heavy (non-hydrogen) atoms. The molecule has 1 aromatic carbocycles. The van der Waals surface area contributed by atoms with Crippen LogP contribution in [0.15, 0.2) is 48.3 Å². The molecule has 4 heterocycles. The van der Waals surface area contributed by atoms with Crippen molar-refractivity contribution in [2.24, 2.45) is 11.8 Å². The van der Waals surface area contributed by atoms with Crippen LogP contribution in [0, 0.1) is 11.8 Å². The molecule has 2 saturated heterocycles. The van der Waals surface area contributed by atoms with Crippen LogP contribution in [0.1, 0.15) is 48.1 Å². The van der Waals surface area contributed by atoms with Crippen LogP contribution in [0.2, 0.25) is 0 Å². The van der Waals surface area contributed by atoms with E-state index in [2.05, 4.69) is 39.9 Å². The lowest BCUT2D eigenvalue weighted by molar-refractivity contribution is 0.0727. The summed E-state index contributed by atoms with van der Waals surface area (Å²) >= 11 is 0. The Bertz CT molecular complexity index is 1220. The van der Waals surface area contributed by atoms with Gasteiger partial charge in [0.15, 0.2) is 0 Å². The SMILES string of the molecule is Oc1ccc2c(c1)CCCC(C1CCOCC1)=C2c1ccn2cc(CN3CC(CF)C3)nc2c1. The number of aromatic hydroxyl groups is 1. The van der Waals surface area contributed by atoms with Crippen molar-refractivity contribution in [3.63, 3.8) is 0 Å². The first-order valence-electron chi connectivity index (χ1n) is 12.6. The summed E-state index contributed by atoms with van der Waals surface area (Å²) < 4.78 is 20.6. The predicted molar refractivity (Wildman–Crippen MR) is 131 cm³/mol. The molecule has 6 rings (SSSR count). The summed E-state index contributed by atoms with van der Waals surface area (Å²) in [7, 11) is 0. The Labute approximate surface area is 199 Å². The first-order chi connectivity index (χ1) is 16.7. The van der Waals surface area contributed by atoms with Gasteiger partial charge in [-0.1, -0.05) is 11.6 Å². The van der Waals surface area contributed by atoms with Crippen molar-refractivity contribution >= 4 is 11.2 Å². The zero-order valence-corrected chi connectivity index (χ0v) is 19.5. The lowest BCUT2D eigenvalue weighted by atomic mass is 9.82. The van der Waals surface area contributed by atoms with Gasteiger partial charge in [0.1, 0.15) is 11.4 Å². The molecule has 1 N–H and O–H groups in total. The lowest BCUT2D eigenvalue weighted by Gasteiger charge is -2.37. The van der Waals surface area contributed by atoms with Gasteiger partial charge in [-0.15, -0.1) is 0 Å². The van der Waals surface area contributed by atoms with Gasteiger partial charge in [0, 0.05) is 51.2 Å². The first-order valence-corrected chi connectivity index (χ1v) is 12.6. The number of nitrogens with zero attached hydrogens (tertiary/aromatic N) is 3. The molecule has 2 aromatic heterocycles. The molecule has 0 saturated carbocycles. The number of alkyl halides is 1. The van der Waals surface area contributed by atoms with Crippen molar-refractivity contribution in [1.29, 1.82) is 0 Å². The van der Waals surface area contributed by atoms with E-state index in [0.717, 1.165) is 76.3 Å². The van der Waals surface area contributed by atoms with Crippen LogP contribution in [0.3, 0.4) is 0 Å². The third-order valence-corrected chi connectivity index (χ3v) is 7.72. The maximum Gasteiger partial charge on any atom is 0.137 e. The Balaban J connectivity index is 1.40. The molecule has 0 bridgehead atoms. The minimum absolute atomic E-state index is 0.189. The third-order valence-electron chi connectivity index (χ3n) is 7.72. The maximum atomic E-state index is 12.8. The maximum absolute atomic E-state index is 12.8. The Kier molecular flexibility index (Phi) is 5.87. The number of imidazole rings is 1. The van der Waals surface area contributed by atoms with E-state index in [-0.39, 0.29) is 12.6 Å². The van der Waals surface area contributed by atoms with Crippen LogP contribution < -0.4 is 0 Å². The molecule has 2 aliphatic heterocycles. The summed E-state index contributed by atoms with van der Waals surface area (Å²) in [4.78, 5) is 7.17. The highest BCUT2D eigenvalue weighted by Gasteiger charge is 2.28. The predicted octanol–water partition coefficient (Wildman–Crippen LogP) is 5.01. The summed E-state index contributed by atoms with van der Waals surface area (Å²) in [6.07, 6.45) is 9.49. The summed E-state index contributed by atoms with van der Waals surface area (Å²) in [5, 5.41) is 10.2. The van der Waals surface area contributed by atoms with Crippen LogP contribution >= 0.6 is 0 Å². The highest BCUT2D eigenvalue weighted by Crippen LogP contribution is 2.41. The summed E-state index contributed by atoms with van der Waals surface area (Å²) in [5.74, 6) is 1.06. The number of fused-ring (bicyclic) bond motifs is 2. The highest BCUT2D eigenvalue weighted by atomic mass is 19.1. The normalized spacial score (nSPS) is 20.4. The van der Waals surface area contributed by atoms with Crippen LogP contribution in [-0.2, 0) is 17.7 Å². The smallest absolute Gasteiger partial charge is 0.137 e. The Morgan fingerprint density at radius 2 is 1.94 bits per heavy atom. The summed E-state index contributed by atoms with van der Waals surface area (Å²) in [6.45, 7) is 3.83. The Morgan fingerprint density at radius 3 is 2.76 bits per heavy atom. The van der Waals surface area contributed by atoms with Crippen LogP contribution in [0.4, 0.5) is 4.39 Å². The topological polar surface area (TPSA) is 50.0 Å². The number of halogens is 1. The molecular formula is C28H32FN3O2. The molecular weight excluding hydrogens is 429 g/mol.